The molecule has 1 heterocycles. The van der Waals surface area contributed by atoms with Gasteiger partial charge in [0.15, 0.2) is 0 Å². The van der Waals surface area contributed by atoms with Gasteiger partial charge in [-0.3, -0.25) is 4.79 Å². The molecule has 0 bridgehead atoms. The van der Waals surface area contributed by atoms with Crippen molar-refractivity contribution < 1.29 is 37.7 Å². The second kappa shape index (κ2) is 9.70. The van der Waals surface area contributed by atoms with Gasteiger partial charge in [-0.2, -0.15) is 0 Å². The van der Waals surface area contributed by atoms with Crippen molar-refractivity contribution in [1.82, 2.24) is 0 Å². The number of ether oxygens (including phenoxy) is 2. The molecule has 0 saturated carbocycles. The number of aliphatic hydroxyl groups excluding tert-OH is 1. The first-order valence-electron chi connectivity index (χ1n) is 10.4. The highest BCUT2D eigenvalue weighted by atomic mass is 19.1. The molecule has 0 radical (unpaired) electrons. The number of carbonyl (C=O) groups is 1. The van der Waals surface area contributed by atoms with Crippen LogP contribution < -0.4 is 0 Å². The molecule has 4 rings (SSSR count). The zero-order valence-electron chi connectivity index (χ0n) is 18.0. The van der Waals surface area contributed by atoms with Crippen molar-refractivity contribution in [2.75, 3.05) is 0 Å². The molecule has 4 atom stereocenters. The van der Waals surface area contributed by atoms with Gasteiger partial charge in [0.25, 0.3) is 0 Å². The Labute approximate surface area is 193 Å². The number of hydrogen-bond acceptors (Lipinski definition) is 4. The molecule has 0 spiro atoms. The summed E-state index contributed by atoms with van der Waals surface area (Å²) < 4.78 is 53.5. The molecule has 0 aromatic heterocycles. The third-order valence-electron chi connectivity index (χ3n) is 5.60. The standard InChI is InChI=1S/C26H21F3O5/c1-14-23(16-6-3-9-19(28)12-16)33-26(17-7-4-10-20(29)13-17)34-24(14)21(25(31)32)22(30)15-5-2-8-18(27)11-15/h2-13,21-23,26,30H,1H3,(H,31,32)/t21-,22+,23-,26+/m0/s1. The largest absolute Gasteiger partial charge is 0.481 e. The molecule has 176 valence electrons. The van der Waals surface area contributed by atoms with Gasteiger partial charge >= 0.3 is 5.97 Å². The Bertz CT molecular complexity index is 1240. The molecule has 0 aliphatic carbocycles. The Morgan fingerprint density at radius 3 is 2.03 bits per heavy atom. The number of aliphatic carboxylic acids is 1. The van der Waals surface area contributed by atoms with E-state index in [1.165, 1.54) is 60.7 Å². The van der Waals surface area contributed by atoms with E-state index in [-0.39, 0.29) is 22.5 Å². The van der Waals surface area contributed by atoms with Crippen LogP contribution in [0.15, 0.2) is 84.1 Å². The Balaban J connectivity index is 1.83. The number of hydrogen-bond donors (Lipinski definition) is 2. The normalized spacial score (nSPS) is 19.9. The topological polar surface area (TPSA) is 76.0 Å². The fraction of sp³-hybridized carbons (Fsp3) is 0.192. The lowest BCUT2D eigenvalue weighted by Crippen LogP contribution is -2.32. The summed E-state index contributed by atoms with van der Waals surface area (Å²) >= 11 is 0. The van der Waals surface area contributed by atoms with Crippen molar-refractivity contribution >= 4 is 5.97 Å². The van der Waals surface area contributed by atoms with Crippen LogP contribution in [-0.2, 0) is 14.3 Å². The fourth-order valence-electron chi connectivity index (χ4n) is 3.98. The van der Waals surface area contributed by atoms with Crippen LogP contribution in [0, 0.1) is 23.4 Å². The van der Waals surface area contributed by atoms with E-state index in [1.807, 2.05) is 0 Å². The van der Waals surface area contributed by atoms with Crippen LogP contribution in [-0.4, -0.2) is 16.2 Å². The van der Waals surface area contributed by atoms with Crippen molar-refractivity contribution in [3.8, 4) is 0 Å². The Morgan fingerprint density at radius 2 is 1.44 bits per heavy atom. The maximum Gasteiger partial charge on any atom is 0.317 e. The summed E-state index contributed by atoms with van der Waals surface area (Å²) in [7, 11) is 0. The van der Waals surface area contributed by atoms with E-state index < -0.39 is 47.8 Å². The second-order valence-electron chi connectivity index (χ2n) is 7.94. The first-order valence-corrected chi connectivity index (χ1v) is 10.4. The van der Waals surface area contributed by atoms with Crippen LogP contribution >= 0.6 is 0 Å². The molecule has 8 heteroatoms. The van der Waals surface area contributed by atoms with Crippen LogP contribution in [0.25, 0.3) is 0 Å². The van der Waals surface area contributed by atoms with Crippen molar-refractivity contribution in [1.29, 1.82) is 0 Å². The maximum atomic E-state index is 14.0. The molecule has 0 amide bonds. The zero-order valence-corrected chi connectivity index (χ0v) is 18.0. The molecule has 5 nitrogen and oxygen atoms in total. The van der Waals surface area contributed by atoms with E-state index >= 15 is 0 Å². The summed E-state index contributed by atoms with van der Waals surface area (Å²) in [6, 6.07) is 15.9. The van der Waals surface area contributed by atoms with Gasteiger partial charge in [-0.25, -0.2) is 13.2 Å². The summed E-state index contributed by atoms with van der Waals surface area (Å²) in [6.07, 6.45) is -3.86. The van der Waals surface area contributed by atoms with E-state index in [1.54, 1.807) is 13.0 Å². The van der Waals surface area contributed by atoms with Gasteiger partial charge in [-0.1, -0.05) is 36.4 Å². The first kappa shape index (κ1) is 23.5. The molecule has 0 fully saturated rings. The minimum atomic E-state index is -1.67. The molecule has 0 unspecified atom stereocenters. The average molecular weight is 470 g/mol. The number of rotatable bonds is 6. The molecular weight excluding hydrogens is 449 g/mol. The fourth-order valence-corrected chi connectivity index (χ4v) is 3.98. The predicted octanol–water partition coefficient (Wildman–Crippen LogP) is 5.60. The van der Waals surface area contributed by atoms with E-state index in [9.17, 15) is 28.2 Å². The van der Waals surface area contributed by atoms with Crippen molar-refractivity contribution in [3.05, 3.63) is 118 Å². The number of carboxylic acid groups (broad SMARTS) is 1. The molecular formula is C26H21F3O5. The lowest BCUT2D eigenvalue weighted by Gasteiger charge is -2.37. The number of halogens is 3. The lowest BCUT2D eigenvalue weighted by molar-refractivity contribution is -0.182. The first-order chi connectivity index (χ1) is 16.2. The predicted molar refractivity (Wildman–Crippen MR) is 116 cm³/mol. The van der Waals surface area contributed by atoms with Crippen LogP contribution in [0.2, 0.25) is 0 Å². The monoisotopic (exact) mass is 470 g/mol. The number of benzene rings is 3. The smallest absolute Gasteiger partial charge is 0.317 e. The molecule has 1 aliphatic heterocycles. The maximum absolute atomic E-state index is 14.0. The molecule has 0 saturated heterocycles. The Morgan fingerprint density at radius 1 is 0.882 bits per heavy atom. The summed E-state index contributed by atoms with van der Waals surface area (Å²) in [5, 5.41) is 20.9. The van der Waals surface area contributed by atoms with Gasteiger partial charge in [-0.05, 0) is 60.0 Å². The van der Waals surface area contributed by atoms with Crippen molar-refractivity contribution in [3.63, 3.8) is 0 Å². The van der Waals surface area contributed by atoms with Crippen LogP contribution in [0.3, 0.4) is 0 Å². The van der Waals surface area contributed by atoms with Crippen molar-refractivity contribution in [2.24, 2.45) is 5.92 Å². The minimum Gasteiger partial charge on any atom is -0.481 e. The quantitative estimate of drug-likeness (QED) is 0.491. The van der Waals surface area contributed by atoms with Crippen LogP contribution in [0.5, 0.6) is 0 Å². The average Bonchev–Trinajstić information content (AvgIpc) is 2.80. The van der Waals surface area contributed by atoms with Crippen LogP contribution in [0.4, 0.5) is 13.2 Å². The molecule has 3 aromatic rings. The van der Waals surface area contributed by atoms with E-state index in [2.05, 4.69) is 0 Å². The van der Waals surface area contributed by atoms with Gasteiger partial charge in [0.05, 0.1) is 6.10 Å². The summed E-state index contributed by atoms with van der Waals surface area (Å²) in [5.74, 6) is -4.94. The third kappa shape index (κ3) is 4.83. The summed E-state index contributed by atoms with van der Waals surface area (Å²) in [5.41, 5.74) is 0.952. The molecule has 34 heavy (non-hydrogen) atoms. The molecule has 2 N–H and O–H groups in total. The summed E-state index contributed by atoms with van der Waals surface area (Å²) in [4.78, 5) is 12.3. The minimum absolute atomic E-state index is 0.0346. The van der Waals surface area contributed by atoms with E-state index in [4.69, 9.17) is 9.47 Å². The highest BCUT2D eigenvalue weighted by Gasteiger charge is 2.41. The van der Waals surface area contributed by atoms with Gasteiger partial charge in [0, 0.05) is 5.56 Å². The second-order valence-corrected chi connectivity index (χ2v) is 7.94. The van der Waals surface area contributed by atoms with Gasteiger partial charge in [0.2, 0.25) is 6.29 Å². The van der Waals surface area contributed by atoms with Gasteiger partial charge in [0.1, 0.15) is 35.2 Å². The van der Waals surface area contributed by atoms with E-state index in [0.29, 0.717) is 5.56 Å². The highest BCUT2D eigenvalue weighted by Crippen LogP contribution is 2.45. The SMILES string of the molecule is CC1=C([C@@H](C(=O)O)[C@H](O)c2cccc(F)c2)O[C@H](c2cccc(F)c2)O[C@@H]1c1cccc(F)c1. The Hall–Kier alpha value is -3.62. The van der Waals surface area contributed by atoms with E-state index in [0.717, 1.165) is 6.07 Å². The lowest BCUT2D eigenvalue weighted by atomic mass is 9.88. The van der Waals surface area contributed by atoms with Crippen molar-refractivity contribution in [2.45, 2.75) is 25.4 Å². The molecule has 3 aromatic carbocycles. The third-order valence-corrected chi connectivity index (χ3v) is 5.60. The van der Waals surface area contributed by atoms with Gasteiger partial charge in [-0.15, -0.1) is 0 Å². The summed E-state index contributed by atoms with van der Waals surface area (Å²) in [6.45, 7) is 1.54. The number of aliphatic hydroxyl groups is 1. The Kier molecular flexibility index (Phi) is 6.72. The molecule has 1 aliphatic rings. The van der Waals surface area contributed by atoms with Crippen LogP contribution in [0.1, 0.15) is 42.1 Å². The highest BCUT2D eigenvalue weighted by molar-refractivity contribution is 5.74. The number of carboxylic acids is 1. The van der Waals surface area contributed by atoms with Gasteiger partial charge < -0.3 is 19.7 Å². The zero-order chi connectivity index (χ0) is 24.4.